The predicted octanol–water partition coefficient (Wildman–Crippen LogP) is 4.81. The predicted molar refractivity (Wildman–Crippen MR) is 109 cm³/mol. The molecule has 6 nitrogen and oxygen atoms in total. The van der Waals surface area contributed by atoms with Crippen molar-refractivity contribution >= 4 is 23.4 Å². The number of nitrogens with one attached hydrogen (secondary N) is 2. The van der Waals surface area contributed by atoms with Crippen LogP contribution in [0.3, 0.4) is 0 Å². The highest BCUT2D eigenvalue weighted by Crippen LogP contribution is 2.26. The molecule has 2 aliphatic heterocycles. The van der Waals surface area contributed by atoms with Gasteiger partial charge in [-0.05, 0) is 77.0 Å². The van der Waals surface area contributed by atoms with Crippen LogP contribution in [-0.4, -0.2) is 47.0 Å². The number of carbonyl (C=O) groups is 2. The number of amides is 4. The lowest BCUT2D eigenvalue weighted by Crippen LogP contribution is -2.45. The number of nitrogens with zero attached hydrogens (tertiary/aromatic N) is 2. The van der Waals surface area contributed by atoms with Gasteiger partial charge in [0.15, 0.2) is 0 Å². The van der Waals surface area contributed by atoms with Crippen LogP contribution in [0, 0.1) is 6.92 Å². The highest BCUT2D eigenvalue weighted by atomic mass is 16.2. The van der Waals surface area contributed by atoms with Crippen molar-refractivity contribution in [2.24, 2.45) is 0 Å². The lowest BCUT2D eigenvalue weighted by atomic mass is 10.0. The van der Waals surface area contributed by atoms with Gasteiger partial charge in [-0.2, -0.15) is 0 Å². The van der Waals surface area contributed by atoms with Crippen LogP contribution in [0.1, 0.15) is 57.9 Å². The van der Waals surface area contributed by atoms with Crippen molar-refractivity contribution in [1.82, 2.24) is 9.80 Å². The molecule has 0 unspecified atom stereocenters. The van der Waals surface area contributed by atoms with Gasteiger partial charge in [-0.15, -0.1) is 0 Å². The van der Waals surface area contributed by atoms with E-state index in [0.717, 1.165) is 44.3 Å². The standard InChI is InChI=1S/C21H32N4O2/c1-15-10-11-18(22-20(26)24-12-6-4-8-16(24)2)19(14-15)23-21(27)25-13-7-5-9-17(25)3/h10-11,14,16-17H,4-9,12-13H2,1-3H3,(H,22,26)(H,23,27)/t16-,17+/m0/s1. The SMILES string of the molecule is Cc1ccc(NC(=O)N2CCCC[C@@H]2C)c(NC(=O)N2CCCC[C@H]2C)c1. The summed E-state index contributed by atoms with van der Waals surface area (Å²) in [5.41, 5.74) is 2.36. The molecule has 3 rings (SSSR count). The summed E-state index contributed by atoms with van der Waals surface area (Å²) < 4.78 is 0. The first kappa shape index (κ1) is 19.5. The second-order valence-electron chi connectivity index (χ2n) is 7.99. The van der Waals surface area contributed by atoms with Crippen LogP contribution in [-0.2, 0) is 0 Å². The maximum atomic E-state index is 12.8. The van der Waals surface area contributed by atoms with Gasteiger partial charge in [0.2, 0.25) is 0 Å². The molecule has 2 fully saturated rings. The van der Waals surface area contributed by atoms with Crippen LogP contribution >= 0.6 is 0 Å². The molecular weight excluding hydrogens is 340 g/mol. The fourth-order valence-corrected chi connectivity index (χ4v) is 4.04. The average molecular weight is 373 g/mol. The van der Waals surface area contributed by atoms with Gasteiger partial charge < -0.3 is 20.4 Å². The van der Waals surface area contributed by atoms with E-state index >= 15 is 0 Å². The summed E-state index contributed by atoms with van der Waals surface area (Å²) in [7, 11) is 0. The largest absolute Gasteiger partial charge is 0.322 e. The molecule has 0 aliphatic carbocycles. The van der Waals surface area contributed by atoms with Crippen molar-refractivity contribution in [2.45, 2.75) is 71.4 Å². The number of carbonyl (C=O) groups excluding carboxylic acids is 2. The highest BCUT2D eigenvalue weighted by Gasteiger charge is 2.26. The van der Waals surface area contributed by atoms with Crippen LogP contribution in [0.15, 0.2) is 18.2 Å². The zero-order valence-corrected chi connectivity index (χ0v) is 16.8. The van der Waals surface area contributed by atoms with Gasteiger partial charge in [0, 0.05) is 25.2 Å². The summed E-state index contributed by atoms with van der Waals surface area (Å²) in [5.74, 6) is 0. The van der Waals surface area contributed by atoms with Crippen LogP contribution < -0.4 is 10.6 Å². The van der Waals surface area contributed by atoms with E-state index in [1.807, 2.05) is 34.9 Å². The van der Waals surface area contributed by atoms with Gasteiger partial charge in [0.05, 0.1) is 11.4 Å². The number of piperidine rings is 2. The minimum absolute atomic E-state index is 0.0883. The zero-order chi connectivity index (χ0) is 19.4. The number of hydrogen-bond donors (Lipinski definition) is 2. The normalized spacial score (nSPS) is 23.1. The number of rotatable bonds is 2. The molecule has 4 amide bonds. The molecule has 0 spiro atoms. The number of aryl methyl sites for hydroxylation is 1. The van der Waals surface area contributed by atoms with E-state index in [2.05, 4.69) is 24.5 Å². The molecule has 27 heavy (non-hydrogen) atoms. The second-order valence-corrected chi connectivity index (χ2v) is 7.99. The Bertz CT molecular complexity index is 691. The van der Waals surface area contributed by atoms with Crippen molar-refractivity contribution in [3.63, 3.8) is 0 Å². The Morgan fingerprint density at radius 1 is 0.852 bits per heavy atom. The van der Waals surface area contributed by atoms with Crippen LogP contribution in [0.25, 0.3) is 0 Å². The molecule has 0 bridgehead atoms. The topological polar surface area (TPSA) is 64.7 Å². The Kier molecular flexibility index (Phi) is 6.24. The molecule has 1 aromatic carbocycles. The first-order valence-corrected chi connectivity index (χ1v) is 10.2. The third-order valence-electron chi connectivity index (χ3n) is 5.79. The second kappa shape index (κ2) is 8.63. The quantitative estimate of drug-likeness (QED) is 0.782. The molecule has 6 heteroatoms. The molecule has 2 saturated heterocycles. The fraction of sp³-hybridized carbons (Fsp3) is 0.619. The minimum Gasteiger partial charge on any atom is -0.322 e. The Balaban J connectivity index is 1.72. The average Bonchev–Trinajstić information content (AvgIpc) is 2.64. The highest BCUT2D eigenvalue weighted by molar-refractivity contribution is 5.98. The van der Waals surface area contributed by atoms with Gasteiger partial charge in [-0.25, -0.2) is 9.59 Å². The summed E-state index contributed by atoms with van der Waals surface area (Å²) in [4.78, 5) is 29.3. The number of likely N-dealkylation sites (tertiary alicyclic amines) is 2. The van der Waals surface area contributed by atoms with Gasteiger partial charge >= 0.3 is 12.1 Å². The molecule has 2 aliphatic rings. The lowest BCUT2D eigenvalue weighted by molar-refractivity contribution is 0.169. The zero-order valence-electron chi connectivity index (χ0n) is 16.8. The minimum atomic E-state index is -0.0899. The molecule has 2 N–H and O–H groups in total. The third-order valence-corrected chi connectivity index (χ3v) is 5.79. The van der Waals surface area contributed by atoms with E-state index in [4.69, 9.17) is 0 Å². The number of benzene rings is 1. The van der Waals surface area contributed by atoms with E-state index < -0.39 is 0 Å². The van der Waals surface area contributed by atoms with Crippen LogP contribution in [0.4, 0.5) is 21.0 Å². The van der Waals surface area contributed by atoms with Crippen LogP contribution in [0.2, 0.25) is 0 Å². The monoisotopic (exact) mass is 372 g/mol. The number of anilines is 2. The summed E-state index contributed by atoms with van der Waals surface area (Å²) in [6.07, 6.45) is 6.51. The van der Waals surface area contributed by atoms with Crippen molar-refractivity contribution in [3.8, 4) is 0 Å². The molecule has 0 aromatic heterocycles. The summed E-state index contributed by atoms with van der Waals surface area (Å²) in [5, 5.41) is 6.04. The first-order valence-electron chi connectivity index (χ1n) is 10.2. The van der Waals surface area contributed by atoms with E-state index in [9.17, 15) is 9.59 Å². The number of urea groups is 2. The summed E-state index contributed by atoms with van der Waals surface area (Å²) in [6, 6.07) is 6.06. The molecule has 2 atom stereocenters. The third kappa shape index (κ3) is 4.73. The van der Waals surface area contributed by atoms with Crippen molar-refractivity contribution in [1.29, 1.82) is 0 Å². The van der Waals surface area contributed by atoms with Gasteiger partial charge in [-0.1, -0.05) is 6.07 Å². The van der Waals surface area contributed by atoms with E-state index in [-0.39, 0.29) is 24.1 Å². The van der Waals surface area contributed by atoms with Crippen molar-refractivity contribution in [3.05, 3.63) is 23.8 Å². The maximum Gasteiger partial charge on any atom is 0.322 e. The molecule has 1 aromatic rings. The van der Waals surface area contributed by atoms with E-state index in [1.54, 1.807) is 0 Å². The molecular formula is C21H32N4O2. The van der Waals surface area contributed by atoms with Gasteiger partial charge in [0.25, 0.3) is 0 Å². The molecule has 0 radical (unpaired) electrons. The lowest BCUT2D eigenvalue weighted by Gasteiger charge is -2.34. The first-order chi connectivity index (χ1) is 13.0. The van der Waals surface area contributed by atoms with Crippen molar-refractivity contribution < 1.29 is 9.59 Å². The van der Waals surface area contributed by atoms with Gasteiger partial charge in [-0.3, -0.25) is 0 Å². The molecule has 148 valence electrons. The Morgan fingerprint density at radius 2 is 1.37 bits per heavy atom. The molecule has 2 heterocycles. The number of hydrogen-bond acceptors (Lipinski definition) is 2. The fourth-order valence-electron chi connectivity index (χ4n) is 4.04. The Hall–Kier alpha value is -2.24. The smallest absolute Gasteiger partial charge is 0.322 e. The summed E-state index contributed by atoms with van der Waals surface area (Å²) in [6.45, 7) is 7.73. The molecule has 0 saturated carbocycles. The van der Waals surface area contributed by atoms with E-state index in [1.165, 1.54) is 12.8 Å². The maximum absolute atomic E-state index is 12.8. The Morgan fingerprint density at radius 3 is 1.89 bits per heavy atom. The van der Waals surface area contributed by atoms with Crippen molar-refractivity contribution in [2.75, 3.05) is 23.7 Å². The van der Waals surface area contributed by atoms with Gasteiger partial charge in [0.1, 0.15) is 0 Å². The van der Waals surface area contributed by atoms with Crippen LogP contribution in [0.5, 0.6) is 0 Å². The van der Waals surface area contributed by atoms with E-state index in [0.29, 0.717) is 11.4 Å². The Labute approximate surface area is 162 Å². The summed E-state index contributed by atoms with van der Waals surface area (Å²) >= 11 is 0.